The summed E-state index contributed by atoms with van der Waals surface area (Å²) in [5.41, 5.74) is 3.37. The van der Waals surface area contributed by atoms with Gasteiger partial charge in [-0.2, -0.15) is 0 Å². The summed E-state index contributed by atoms with van der Waals surface area (Å²) in [6, 6.07) is 9.65. The van der Waals surface area contributed by atoms with Crippen molar-refractivity contribution in [2.75, 3.05) is 0 Å². The second kappa shape index (κ2) is 5.78. The second-order valence-electron chi connectivity index (χ2n) is 2.86. The molecule has 0 aliphatic rings. The fourth-order valence-corrected chi connectivity index (χ4v) is 0.939. The lowest BCUT2D eigenvalue weighted by molar-refractivity contribution is -0.133. The number of hydrogen-bond donors (Lipinski definition) is 1. The van der Waals surface area contributed by atoms with E-state index in [4.69, 9.17) is 4.84 Å². The van der Waals surface area contributed by atoms with Crippen LogP contribution in [0.5, 0.6) is 0 Å². The molecule has 0 radical (unpaired) electrons. The molecule has 0 spiro atoms. The van der Waals surface area contributed by atoms with E-state index in [9.17, 15) is 4.79 Å². The van der Waals surface area contributed by atoms with Crippen LogP contribution >= 0.6 is 15.9 Å². The van der Waals surface area contributed by atoms with Gasteiger partial charge in [-0.3, -0.25) is 9.63 Å². The van der Waals surface area contributed by atoms with Crippen molar-refractivity contribution in [2.24, 2.45) is 0 Å². The number of halogens is 1. The van der Waals surface area contributed by atoms with Gasteiger partial charge >= 0.3 is 0 Å². The number of benzene rings is 1. The van der Waals surface area contributed by atoms with Gasteiger partial charge in [-0.1, -0.05) is 46.3 Å². The normalized spacial score (nSPS) is 12.1. The number of rotatable bonds is 4. The van der Waals surface area contributed by atoms with Crippen molar-refractivity contribution >= 4 is 21.8 Å². The first-order valence-electron chi connectivity index (χ1n) is 4.30. The minimum Gasteiger partial charge on any atom is -0.272 e. The average molecular weight is 258 g/mol. The molecule has 1 unspecified atom stereocenters. The Kier molecular flexibility index (Phi) is 4.62. The standard InChI is InChI=1S/C10H12BrNO2/c1-8(11)10(13)12-14-7-9-5-3-2-4-6-9/h2-6,8H,7H2,1H3,(H,12,13). The molecule has 0 saturated carbocycles. The van der Waals surface area contributed by atoms with Gasteiger partial charge in [0.15, 0.2) is 0 Å². The minimum atomic E-state index is -0.238. The number of carbonyl (C=O) groups is 1. The number of hydrogen-bond acceptors (Lipinski definition) is 2. The van der Waals surface area contributed by atoms with E-state index < -0.39 is 0 Å². The van der Waals surface area contributed by atoms with Crippen molar-refractivity contribution in [3.05, 3.63) is 35.9 Å². The lowest BCUT2D eigenvalue weighted by Gasteiger charge is -2.06. The molecule has 14 heavy (non-hydrogen) atoms. The van der Waals surface area contributed by atoms with E-state index >= 15 is 0 Å². The van der Waals surface area contributed by atoms with Crippen molar-refractivity contribution in [1.29, 1.82) is 0 Å². The van der Waals surface area contributed by atoms with Gasteiger partial charge in [-0.25, -0.2) is 5.48 Å². The van der Waals surface area contributed by atoms with Crippen LogP contribution in [0.2, 0.25) is 0 Å². The molecule has 0 aliphatic carbocycles. The van der Waals surface area contributed by atoms with E-state index in [-0.39, 0.29) is 10.7 Å². The minimum absolute atomic E-state index is 0.180. The largest absolute Gasteiger partial charge is 0.272 e. The molecule has 0 aliphatic heterocycles. The molecule has 0 fully saturated rings. The van der Waals surface area contributed by atoms with Gasteiger partial charge in [-0.15, -0.1) is 0 Å². The van der Waals surface area contributed by atoms with Gasteiger partial charge in [-0.05, 0) is 12.5 Å². The molecule has 0 bridgehead atoms. The molecular weight excluding hydrogens is 246 g/mol. The summed E-state index contributed by atoms with van der Waals surface area (Å²) in [4.78, 5) is 15.8. The Morgan fingerprint density at radius 1 is 1.50 bits per heavy atom. The summed E-state index contributed by atoms with van der Waals surface area (Å²) >= 11 is 3.13. The van der Waals surface area contributed by atoms with Crippen LogP contribution in [-0.2, 0) is 16.2 Å². The van der Waals surface area contributed by atoms with Gasteiger partial charge in [0.2, 0.25) is 0 Å². The Hall–Kier alpha value is -0.870. The van der Waals surface area contributed by atoms with Crippen LogP contribution in [0.1, 0.15) is 12.5 Å². The smallest absolute Gasteiger partial charge is 0.257 e. The molecule has 1 aromatic carbocycles. The molecule has 1 aromatic rings. The molecule has 0 aromatic heterocycles. The van der Waals surface area contributed by atoms with Crippen LogP contribution in [0.4, 0.5) is 0 Å². The van der Waals surface area contributed by atoms with Gasteiger partial charge in [0.25, 0.3) is 5.91 Å². The zero-order valence-corrected chi connectivity index (χ0v) is 9.45. The maximum atomic E-state index is 11.1. The van der Waals surface area contributed by atoms with Crippen LogP contribution in [0.3, 0.4) is 0 Å². The topological polar surface area (TPSA) is 38.3 Å². The summed E-state index contributed by atoms with van der Waals surface area (Å²) < 4.78 is 0. The Labute approximate surface area is 91.5 Å². The summed E-state index contributed by atoms with van der Waals surface area (Å²) in [6.45, 7) is 2.12. The highest BCUT2D eigenvalue weighted by Gasteiger charge is 2.07. The summed E-state index contributed by atoms with van der Waals surface area (Å²) in [5.74, 6) is -0.180. The monoisotopic (exact) mass is 257 g/mol. The molecule has 1 rings (SSSR count). The average Bonchev–Trinajstić information content (AvgIpc) is 2.19. The van der Waals surface area contributed by atoms with Crippen molar-refractivity contribution in [3.63, 3.8) is 0 Å². The lowest BCUT2D eigenvalue weighted by atomic mass is 10.2. The van der Waals surface area contributed by atoms with Gasteiger partial charge in [0.1, 0.15) is 0 Å². The summed E-state index contributed by atoms with van der Waals surface area (Å²) in [6.07, 6.45) is 0. The van der Waals surface area contributed by atoms with Gasteiger partial charge < -0.3 is 0 Å². The van der Waals surface area contributed by atoms with E-state index in [2.05, 4.69) is 21.4 Å². The molecule has 76 valence electrons. The highest BCUT2D eigenvalue weighted by atomic mass is 79.9. The van der Waals surface area contributed by atoms with Gasteiger partial charge in [0.05, 0.1) is 11.4 Å². The molecule has 1 N–H and O–H groups in total. The number of alkyl halides is 1. The van der Waals surface area contributed by atoms with Crippen molar-refractivity contribution in [3.8, 4) is 0 Å². The second-order valence-corrected chi connectivity index (χ2v) is 4.23. The first-order chi connectivity index (χ1) is 6.70. The quantitative estimate of drug-likeness (QED) is 0.662. The zero-order valence-electron chi connectivity index (χ0n) is 7.87. The Morgan fingerprint density at radius 3 is 2.71 bits per heavy atom. The highest BCUT2D eigenvalue weighted by molar-refractivity contribution is 9.10. The van der Waals surface area contributed by atoms with Crippen LogP contribution in [0.25, 0.3) is 0 Å². The molecule has 0 heterocycles. The Morgan fingerprint density at radius 2 is 2.14 bits per heavy atom. The molecule has 1 atom stereocenters. The van der Waals surface area contributed by atoms with Crippen LogP contribution in [-0.4, -0.2) is 10.7 Å². The van der Waals surface area contributed by atoms with Gasteiger partial charge in [0, 0.05) is 0 Å². The number of amides is 1. The van der Waals surface area contributed by atoms with Crippen LogP contribution in [0.15, 0.2) is 30.3 Å². The van der Waals surface area contributed by atoms with Crippen LogP contribution in [0, 0.1) is 0 Å². The van der Waals surface area contributed by atoms with E-state index in [0.717, 1.165) is 5.56 Å². The number of nitrogens with one attached hydrogen (secondary N) is 1. The van der Waals surface area contributed by atoms with E-state index in [1.54, 1.807) is 6.92 Å². The van der Waals surface area contributed by atoms with Crippen molar-refractivity contribution in [1.82, 2.24) is 5.48 Å². The van der Waals surface area contributed by atoms with Crippen molar-refractivity contribution in [2.45, 2.75) is 18.4 Å². The third-order valence-electron chi connectivity index (χ3n) is 1.62. The molecule has 0 saturated heterocycles. The van der Waals surface area contributed by atoms with E-state index in [1.165, 1.54) is 0 Å². The zero-order chi connectivity index (χ0) is 10.4. The van der Waals surface area contributed by atoms with E-state index in [0.29, 0.717) is 6.61 Å². The lowest BCUT2D eigenvalue weighted by Crippen LogP contribution is -2.29. The number of hydroxylamine groups is 1. The first kappa shape index (κ1) is 11.2. The predicted molar refractivity (Wildman–Crippen MR) is 57.8 cm³/mol. The van der Waals surface area contributed by atoms with Crippen LogP contribution < -0.4 is 5.48 Å². The SMILES string of the molecule is CC(Br)C(=O)NOCc1ccccc1. The predicted octanol–water partition coefficient (Wildman–Crippen LogP) is 2.02. The fraction of sp³-hybridized carbons (Fsp3) is 0.300. The first-order valence-corrected chi connectivity index (χ1v) is 5.21. The third kappa shape index (κ3) is 3.89. The fourth-order valence-electron chi connectivity index (χ4n) is 0.846. The number of carbonyl (C=O) groups excluding carboxylic acids is 1. The summed E-state index contributed by atoms with van der Waals surface area (Å²) in [5, 5.41) is 0. The van der Waals surface area contributed by atoms with E-state index in [1.807, 2.05) is 30.3 Å². The Balaban J connectivity index is 2.26. The molecule has 3 nitrogen and oxygen atoms in total. The highest BCUT2D eigenvalue weighted by Crippen LogP contribution is 2.00. The molecule has 1 amide bonds. The molecular formula is C10H12BrNO2. The van der Waals surface area contributed by atoms with Crippen molar-refractivity contribution < 1.29 is 9.63 Å². The third-order valence-corrected chi connectivity index (χ3v) is 2.03. The summed E-state index contributed by atoms with van der Waals surface area (Å²) in [7, 11) is 0. The Bertz CT molecular complexity index is 287. The maximum Gasteiger partial charge on any atom is 0.257 e. The maximum absolute atomic E-state index is 11.1. The molecule has 4 heteroatoms.